The molecule has 0 spiro atoms. The molecule has 14 heteroatoms. The quantitative estimate of drug-likeness (QED) is 0.151. The third-order valence-corrected chi connectivity index (χ3v) is 5.34. The van der Waals surface area contributed by atoms with Crippen molar-refractivity contribution >= 4 is 56.9 Å². The summed E-state index contributed by atoms with van der Waals surface area (Å²) in [6.45, 7) is 0. The maximum absolute atomic E-state index is 10.5. The van der Waals surface area contributed by atoms with Gasteiger partial charge in [-0.05, 0) is 36.4 Å². The molecule has 0 amide bonds. The van der Waals surface area contributed by atoms with Gasteiger partial charge in [0.25, 0.3) is 0 Å². The van der Waals surface area contributed by atoms with E-state index in [0.717, 1.165) is 12.1 Å². The van der Waals surface area contributed by atoms with Crippen LogP contribution < -0.4 is 70.6 Å². The SMILES string of the molecule is Nc1ccc(S(=O)(=O)[O-])c(S)c1.Nc1ccc(S(=O)(=O)[O-])c(S)c1.[Na+].[Na+]. The van der Waals surface area contributed by atoms with Gasteiger partial charge >= 0.3 is 59.1 Å². The van der Waals surface area contributed by atoms with Crippen LogP contribution in [0.1, 0.15) is 0 Å². The zero-order valence-electron chi connectivity index (χ0n) is 13.8. The maximum atomic E-state index is 10.5. The minimum Gasteiger partial charge on any atom is -0.744 e. The Kier molecular flexibility index (Phi) is 12.8. The van der Waals surface area contributed by atoms with E-state index in [2.05, 4.69) is 25.3 Å². The van der Waals surface area contributed by atoms with Crippen molar-refractivity contribution in [1.29, 1.82) is 0 Å². The number of rotatable bonds is 2. The Morgan fingerprint density at radius 2 is 0.962 bits per heavy atom. The maximum Gasteiger partial charge on any atom is 1.00 e. The van der Waals surface area contributed by atoms with Crippen molar-refractivity contribution in [2.45, 2.75) is 19.6 Å². The first-order valence-corrected chi connectivity index (χ1v) is 9.62. The van der Waals surface area contributed by atoms with Gasteiger partial charge in [0.1, 0.15) is 20.2 Å². The average molecular weight is 454 g/mol. The monoisotopic (exact) mass is 454 g/mol. The number of anilines is 2. The zero-order valence-corrected chi connectivity index (χ0v) is 21.2. The number of nitrogen functional groups attached to an aromatic ring is 2. The molecular formula is C12H12N2Na2O6S4. The fraction of sp³-hybridized carbons (Fsp3) is 0. The second-order valence-electron chi connectivity index (χ2n) is 4.36. The molecular weight excluding hydrogens is 442 g/mol. The Morgan fingerprint density at radius 3 is 1.15 bits per heavy atom. The summed E-state index contributed by atoms with van der Waals surface area (Å²) in [4.78, 5) is -0.546. The van der Waals surface area contributed by atoms with Gasteiger partial charge in [0.15, 0.2) is 0 Å². The van der Waals surface area contributed by atoms with Crippen molar-refractivity contribution in [3.8, 4) is 0 Å². The van der Waals surface area contributed by atoms with E-state index in [1.807, 2.05) is 0 Å². The molecule has 26 heavy (non-hydrogen) atoms. The van der Waals surface area contributed by atoms with Crippen molar-refractivity contribution in [2.75, 3.05) is 11.5 Å². The van der Waals surface area contributed by atoms with Crippen molar-refractivity contribution in [3.05, 3.63) is 36.4 Å². The summed E-state index contributed by atoms with van der Waals surface area (Å²) in [5, 5.41) is 0. The van der Waals surface area contributed by atoms with E-state index in [4.69, 9.17) is 11.5 Å². The third-order valence-electron chi connectivity index (χ3n) is 2.50. The van der Waals surface area contributed by atoms with Crippen LogP contribution in [0.25, 0.3) is 0 Å². The summed E-state index contributed by atoms with van der Waals surface area (Å²) in [6.07, 6.45) is 0. The molecule has 0 heterocycles. The Bertz CT molecular complexity index is 888. The fourth-order valence-corrected chi connectivity index (χ4v) is 3.71. The number of nitrogens with two attached hydrogens (primary N) is 2. The van der Waals surface area contributed by atoms with Gasteiger partial charge < -0.3 is 20.6 Å². The van der Waals surface area contributed by atoms with E-state index >= 15 is 0 Å². The molecule has 132 valence electrons. The predicted octanol–water partition coefficient (Wildman–Crippen LogP) is -5.07. The molecule has 2 rings (SSSR count). The summed E-state index contributed by atoms with van der Waals surface area (Å²) in [7, 11) is -8.86. The van der Waals surface area contributed by atoms with Crippen LogP contribution in [-0.2, 0) is 20.2 Å². The first kappa shape index (κ1) is 28.8. The second kappa shape index (κ2) is 11.5. The standard InChI is InChI=1S/2C6H7NO3S2.2Na/c2*7-4-1-2-6(5(11)3-4)12(8,9)10;;/h2*1-3,11H,7H2,(H,8,9,10);;/q;;2*+1/p-2. The molecule has 8 nitrogen and oxygen atoms in total. The van der Waals surface area contributed by atoms with E-state index in [1.54, 1.807) is 0 Å². The van der Waals surface area contributed by atoms with Crippen molar-refractivity contribution < 1.29 is 85.1 Å². The average Bonchev–Trinajstić information content (AvgIpc) is 2.35. The minimum atomic E-state index is -4.43. The number of hydrogen-bond acceptors (Lipinski definition) is 10. The first-order valence-electron chi connectivity index (χ1n) is 5.91. The molecule has 0 bridgehead atoms. The van der Waals surface area contributed by atoms with Gasteiger partial charge in [-0.25, -0.2) is 16.8 Å². The van der Waals surface area contributed by atoms with Crippen molar-refractivity contribution in [2.24, 2.45) is 0 Å². The molecule has 0 radical (unpaired) electrons. The fourth-order valence-electron chi connectivity index (χ4n) is 1.49. The van der Waals surface area contributed by atoms with E-state index < -0.39 is 20.2 Å². The molecule has 0 fully saturated rings. The smallest absolute Gasteiger partial charge is 0.744 e. The number of thiol groups is 2. The van der Waals surface area contributed by atoms with Gasteiger partial charge in [-0.3, -0.25) is 0 Å². The molecule has 0 aliphatic rings. The molecule has 0 saturated heterocycles. The van der Waals surface area contributed by atoms with Crippen LogP contribution in [0.3, 0.4) is 0 Å². The first-order chi connectivity index (χ1) is 10.8. The molecule has 0 unspecified atom stereocenters. The van der Waals surface area contributed by atoms with Gasteiger partial charge in [0, 0.05) is 21.2 Å². The van der Waals surface area contributed by atoms with Crippen LogP contribution in [0.4, 0.5) is 11.4 Å². The molecule has 2 aromatic carbocycles. The van der Waals surface area contributed by atoms with Gasteiger partial charge in [-0.1, -0.05) is 0 Å². The summed E-state index contributed by atoms with van der Waals surface area (Å²) in [5.74, 6) is 0. The van der Waals surface area contributed by atoms with Crippen LogP contribution in [0.5, 0.6) is 0 Å². The van der Waals surface area contributed by atoms with Gasteiger partial charge in [0.2, 0.25) is 0 Å². The van der Waals surface area contributed by atoms with Crippen molar-refractivity contribution in [3.63, 3.8) is 0 Å². The molecule has 0 aliphatic heterocycles. The second-order valence-corrected chi connectivity index (χ2v) is 8.02. The Labute approximate surface area is 207 Å². The molecule has 2 aromatic rings. The summed E-state index contributed by atoms with van der Waals surface area (Å²) in [5.41, 5.74) is 11.4. The van der Waals surface area contributed by atoms with Crippen LogP contribution in [-0.4, -0.2) is 25.9 Å². The van der Waals surface area contributed by atoms with Gasteiger partial charge in [0.05, 0.1) is 9.79 Å². The van der Waals surface area contributed by atoms with E-state index in [-0.39, 0.29) is 78.7 Å². The van der Waals surface area contributed by atoms with Crippen LogP contribution >= 0.6 is 25.3 Å². The summed E-state index contributed by atoms with van der Waals surface area (Å²) < 4.78 is 63.1. The summed E-state index contributed by atoms with van der Waals surface area (Å²) >= 11 is 7.60. The van der Waals surface area contributed by atoms with E-state index in [9.17, 15) is 25.9 Å². The molecule has 0 aliphatic carbocycles. The number of benzene rings is 2. The molecule has 0 saturated carbocycles. The zero-order chi connectivity index (χ0) is 18.7. The van der Waals surface area contributed by atoms with Crippen molar-refractivity contribution in [1.82, 2.24) is 0 Å². The van der Waals surface area contributed by atoms with Gasteiger partial charge in [-0.15, -0.1) is 25.3 Å². The van der Waals surface area contributed by atoms with Crippen LogP contribution in [0.15, 0.2) is 56.0 Å². The molecule has 0 aromatic heterocycles. The van der Waals surface area contributed by atoms with Crippen LogP contribution in [0.2, 0.25) is 0 Å². The molecule has 0 atom stereocenters. The van der Waals surface area contributed by atoms with E-state index in [0.29, 0.717) is 11.4 Å². The third kappa shape index (κ3) is 9.17. The van der Waals surface area contributed by atoms with Crippen LogP contribution in [0, 0.1) is 0 Å². The Balaban J connectivity index is 0. The largest absolute Gasteiger partial charge is 1.00 e. The Hall–Kier alpha value is 0.560. The van der Waals surface area contributed by atoms with Gasteiger partial charge in [-0.2, -0.15) is 0 Å². The Morgan fingerprint density at radius 1 is 0.692 bits per heavy atom. The van der Waals surface area contributed by atoms with E-state index in [1.165, 1.54) is 24.3 Å². The summed E-state index contributed by atoms with van der Waals surface area (Å²) in [6, 6.07) is 7.58. The minimum absolute atomic E-state index is 0. The topological polar surface area (TPSA) is 166 Å². The molecule has 4 N–H and O–H groups in total. The predicted molar refractivity (Wildman–Crippen MR) is 92.1 cm³/mol. The number of hydrogen-bond donors (Lipinski definition) is 4. The normalized spacial score (nSPS) is 10.6.